The monoisotopic (exact) mass is 308 g/mol. The highest BCUT2D eigenvalue weighted by molar-refractivity contribution is 5.90. The normalized spacial score (nSPS) is 16.4. The average Bonchev–Trinajstić information content (AvgIpc) is 2.51. The van der Waals surface area contributed by atoms with Crippen molar-refractivity contribution in [3.05, 3.63) is 40.3 Å². The summed E-state index contributed by atoms with van der Waals surface area (Å²) in [5, 5.41) is 4.16. The quantitative estimate of drug-likeness (QED) is 0.948. The van der Waals surface area contributed by atoms with Gasteiger partial charge in [0.05, 0.1) is 5.39 Å². The second kappa shape index (κ2) is 6.04. The van der Waals surface area contributed by atoms with Crippen LogP contribution in [0.3, 0.4) is 0 Å². The van der Waals surface area contributed by atoms with Gasteiger partial charge in [-0.3, -0.25) is 9.36 Å². The van der Waals surface area contributed by atoms with Crippen LogP contribution in [-0.4, -0.2) is 23.8 Å². The second-order valence-electron chi connectivity index (χ2n) is 5.54. The molecule has 0 aliphatic carbocycles. The van der Waals surface area contributed by atoms with Crippen molar-refractivity contribution < 1.29 is 13.5 Å². The molecular weight excluding hydrogens is 290 g/mol. The van der Waals surface area contributed by atoms with Gasteiger partial charge in [0, 0.05) is 11.6 Å². The fourth-order valence-electron chi connectivity index (χ4n) is 2.86. The van der Waals surface area contributed by atoms with Crippen LogP contribution in [0, 0.1) is 6.92 Å². The lowest BCUT2D eigenvalue weighted by Gasteiger charge is -2.24. The number of piperidine rings is 1. The number of hydrogen-bond acceptors (Lipinski definition) is 3. The Balaban J connectivity index is 2.07. The maximum Gasteiger partial charge on any atom is 0.321 e. The highest BCUT2D eigenvalue weighted by Gasteiger charge is 2.18. The van der Waals surface area contributed by atoms with Gasteiger partial charge in [-0.15, -0.1) is 0 Å². The third-order valence-electron chi connectivity index (χ3n) is 4.05. The van der Waals surface area contributed by atoms with E-state index in [-0.39, 0.29) is 6.10 Å². The summed E-state index contributed by atoms with van der Waals surface area (Å²) in [6.45, 7) is 0.693. The Bertz CT molecular complexity index is 737. The molecule has 0 amide bonds. The molecule has 1 aliphatic rings. The fourth-order valence-corrected chi connectivity index (χ4v) is 2.86. The summed E-state index contributed by atoms with van der Waals surface area (Å²) in [5.74, 6) is 0.589. The van der Waals surface area contributed by atoms with Crippen molar-refractivity contribution in [2.24, 2.45) is 0 Å². The number of nitrogens with one attached hydrogen (secondary N) is 1. The first-order valence-electron chi connectivity index (χ1n) is 7.38. The molecule has 1 fully saturated rings. The lowest BCUT2D eigenvalue weighted by atomic mass is 10.1. The van der Waals surface area contributed by atoms with Crippen LogP contribution < -0.4 is 15.6 Å². The molecule has 2 aromatic rings. The van der Waals surface area contributed by atoms with Crippen LogP contribution in [0.25, 0.3) is 10.8 Å². The van der Waals surface area contributed by atoms with E-state index < -0.39 is 12.1 Å². The summed E-state index contributed by atoms with van der Waals surface area (Å²) >= 11 is 0. The molecule has 1 aliphatic heterocycles. The SMILES string of the molecule is Cc1ccc(OC2CCNCC2)c2ccn(C(F)F)c(=O)c12. The number of halogens is 2. The number of nitrogens with zero attached hydrogens (tertiary/aromatic N) is 1. The predicted molar refractivity (Wildman–Crippen MR) is 80.7 cm³/mol. The molecule has 118 valence electrons. The zero-order valence-electron chi connectivity index (χ0n) is 12.3. The van der Waals surface area contributed by atoms with Crippen LogP contribution >= 0.6 is 0 Å². The lowest BCUT2D eigenvalue weighted by molar-refractivity contribution is 0.0669. The largest absolute Gasteiger partial charge is 0.490 e. The van der Waals surface area contributed by atoms with Crippen molar-refractivity contribution in [2.45, 2.75) is 32.4 Å². The Morgan fingerprint density at radius 1 is 1.27 bits per heavy atom. The topological polar surface area (TPSA) is 43.3 Å². The Hall–Kier alpha value is -1.95. The van der Waals surface area contributed by atoms with Gasteiger partial charge in [0.1, 0.15) is 11.9 Å². The Kier molecular flexibility index (Phi) is 4.11. The molecule has 2 heterocycles. The van der Waals surface area contributed by atoms with Gasteiger partial charge in [0.2, 0.25) is 0 Å². The maximum atomic E-state index is 12.9. The molecule has 0 bridgehead atoms. The molecule has 4 nitrogen and oxygen atoms in total. The van der Waals surface area contributed by atoms with Gasteiger partial charge in [0.15, 0.2) is 0 Å². The fraction of sp³-hybridized carbons (Fsp3) is 0.438. The van der Waals surface area contributed by atoms with Gasteiger partial charge in [-0.25, -0.2) is 0 Å². The van der Waals surface area contributed by atoms with E-state index in [0.29, 0.717) is 26.7 Å². The molecule has 1 saturated heterocycles. The van der Waals surface area contributed by atoms with E-state index in [9.17, 15) is 13.6 Å². The van der Waals surface area contributed by atoms with Crippen molar-refractivity contribution in [3.63, 3.8) is 0 Å². The number of hydrogen-bond donors (Lipinski definition) is 1. The van der Waals surface area contributed by atoms with Crippen molar-refractivity contribution in [1.82, 2.24) is 9.88 Å². The Labute approximate surface area is 126 Å². The van der Waals surface area contributed by atoms with Gasteiger partial charge in [0.25, 0.3) is 5.56 Å². The van der Waals surface area contributed by atoms with Crippen molar-refractivity contribution in [1.29, 1.82) is 0 Å². The Morgan fingerprint density at radius 3 is 2.68 bits per heavy atom. The predicted octanol–water partition coefficient (Wildman–Crippen LogP) is 2.84. The van der Waals surface area contributed by atoms with Gasteiger partial charge in [-0.1, -0.05) is 6.07 Å². The molecule has 0 atom stereocenters. The second-order valence-corrected chi connectivity index (χ2v) is 5.54. The van der Waals surface area contributed by atoms with E-state index in [1.165, 1.54) is 6.07 Å². The number of rotatable bonds is 3. The number of benzene rings is 1. The number of alkyl halides is 2. The van der Waals surface area contributed by atoms with Crippen LogP contribution in [0.4, 0.5) is 8.78 Å². The third-order valence-corrected chi connectivity index (χ3v) is 4.05. The van der Waals surface area contributed by atoms with Crippen LogP contribution in [0.1, 0.15) is 25.0 Å². The molecule has 1 N–H and O–H groups in total. The van der Waals surface area contributed by atoms with Crippen LogP contribution in [0.5, 0.6) is 5.75 Å². The average molecular weight is 308 g/mol. The van der Waals surface area contributed by atoms with Crippen molar-refractivity contribution in [2.75, 3.05) is 13.1 Å². The standard InChI is InChI=1S/C16H18F2N2O2/c1-10-2-3-13(22-11-4-7-19-8-5-11)12-6-9-20(16(17)18)15(21)14(10)12/h2-3,6,9,11,16,19H,4-5,7-8H2,1H3. The lowest BCUT2D eigenvalue weighted by Crippen LogP contribution is -2.34. The molecule has 6 heteroatoms. The first-order valence-corrected chi connectivity index (χ1v) is 7.38. The van der Waals surface area contributed by atoms with Crippen molar-refractivity contribution in [3.8, 4) is 5.75 Å². The van der Waals surface area contributed by atoms with Crippen LogP contribution in [0.15, 0.2) is 29.2 Å². The van der Waals surface area contributed by atoms with E-state index >= 15 is 0 Å². The number of pyridine rings is 1. The molecular formula is C16H18F2N2O2. The molecule has 0 radical (unpaired) electrons. The minimum Gasteiger partial charge on any atom is -0.490 e. The number of aromatic nitrogens is 1. The van der Waals surface area contributed by atoms with Gasteiger partial charge in [-0.2, -0.15) is 8.78 Å². The molecule has 0 spiro atoms. The highest BCUT2D eigenvalue weighted by Crippen LogP contribution is 2.28. The molecule has 22 heavy (non-hydrogen) atoms. The Morgan fingerprint density at radius 2 is 2.00 bits per heavy atom. The highest BCUT2D eigenvalue weighted by atomic mass is 19.3. The summed E-state index contributed by atoms with van der Waals surface area (Å²) in [5.41, 5.74) is -0.00609. The smallest absolute Gasteiger partial charge is 0.321 e. The van der Waals surface area contributed by atoms with E-state index in [1.54, 1.807) is 13.0 Å². The first kappa shape index (κ1) is 15.0. The first-order chi connectivity index (χ1) is 10.6. The third kappa shape index (κ3) is 2.70. The summed E-state index contributed by atoms with van der Waals surface area (Å²) in [6.07, 6.45) is 3.00. The summed E-state index contributed by atoms with van der Waals surface area (Å²) in [7, 11) is 0. The molecule has 3 rings (SSSR count). The number of fused-ring (bicyclic) bond motifs is 1. The summed E-state index contributed by atoms with van der Waals surface area (Å²) in [6, 6.07) is 5.09. The zero-order valence-corrected chi connectivity index (χ0v) is 12.3. The molecule has 1 aromatic carbocycles. The van der Waals surface area contributed by atoms with Crippen molar-refractivity contribution >= 4 is 10.8 Å². The van der Waals surface area contributed by atoms with Gasteiger partial charge >= 0.3 is 6.55 Å². The molecule has 0 saturated carbocycles. The molecule has 0 unspecified atom stereocenters. The summed E-state index contributed by atoms with van der Waals surface area (Å²) < 4.78 is 32.2. The minimum absolute atomic E-state index is 0.0877. The van der Waals surface area contributed by atoms with Gasteiger partial charge < -0.3 is 10.1 Å². The summed E-state index contributed by atoms with van der Waals surface area (Å²) in [4.78, 5) is 12.3. The maximum absolute atomic E-state index is 12.9. The van der Waals surface area contributed by atoms with Gasteiger partial charge in [-0.05, 0) is 50.6 Å². The van der Waals surface area contributed by atoms with E-state index in [2.05, 4.69) is 5.32 Å². The van der Waals surface area contributed by atoms with Crippen LogP contribution in [0.2, 0.25) is 0 Å². The number of ether oxygens (including phenoxy) is 1. The van der Waals surface area contributed by atoms with E-state index in [0.717, 1.165) is 32.1 Å². The van der Waals surface area contributed by atoms with E-state index in [1.807, 2.05) is 6.07 Å². The number of aryl methyl sites for hydroxylation is 1. The zero-order chi connectivity index (χ0) is 15.7. The minimum atomic E-state index is -2.84. The van der Waals surface area contributed by atoms with E-state index in [4.69, 9.17) is 4.74 Å². The molecule has 1 aromatic heterocycles. The van der Waals surface area contributed by atoms with Crippen LogP contribution in [-0.2, 0) is 0 Å².